The van der Waals surface area contributed by atoms with Crippen LogP contribution in [0.2, 0.25) is 0 Å². The van der Waals surface area contributed by atoms with Crippen LogP contribution in [0.1, 0.15) is 30.9 Å². The lowest BCUT2D eigenvalue weighted by atomic mass is 10.0. The minimum atomic E-state index is -1.12. The van der Waals surface area contributed by atoms with E-state index in [1.807, 2.05) is 42.5 Å². The molecule has 3 aromatic rings. The summed E-state index contributed by atoms with van der Waals surface area (Å²) < 4.78 is 0. The normalized spacial score (nSPS) is 21.3. The van der Waals surface area contributed by atoms with Gasteiger partial charge in [-0.05, 0) is 53.8 Å². The quantitative estimate of drug-likeness (QED) is 0.0901. The van der Waals surface area contributed by atoms with Crippen molar-refractivity contribution in [1.82, 2.24) is 26.6 Å². The van der Waals surface area contributed by atoms with Crippen LogP contribution in [0.3, 0.4) is 0 Å². The van der Waals surface area contributed by atoms with Gasteiger partial charge >= 0.3 is 0 Å². The van der Waals surface area contributed by atoms with Gasteiger partial charge in [0.1, 0.15) is 29.9 Å². The van der Waals surface area contributed by atoms with E-state index < -0.39 is 60.2 Å². The molecule has 3 aromatic carbocycles. The van der Waals surface area contributed by atoms with Crippen molar-refractivity contribution in [2.45, 2.75) is 56.8 Å². The van der Waals surface area contributed by atoms with E-state index >= 15 is 0 Å². The van der Waals surface area contributed by atoms with Crippen LogP contribution in [0.25, 0.3) is 10.8 Å². The van der Waals surface area contributed by atoms with Crippen LogP contribution in [0, 0.1) is 0 Å². The maximum atomic E-state index is 13.7. The lowest BCUT2D eigenvalue weighted by Gasteiger charge is -2.24. The van der Waals surface area contributed by atoms with Crippen molar-refractivity contribution >= 4 is 46.3 Å². The fraction of sp³-hybridized carbons (Fsp3) is 0.333. The second-order valence-corrected chi connectivity index (χ2v) is 11.4. The number of fused-ring (bicyclic) bond motifs is 1. The zero-order chi connectivity index (χ0) is 33.9. The average Bonchev–Trinajstić information content (AvgIpc) is 3.04. The lowest BCUT2D eigenvalue weighted by Crippen LogP contribution is -2.57. The van der Waals surface area contributed by atoms with Crippen LogP contribution >= 0.6 is 0 Å². The number of aromatic hydroxyl groups is 1. The van der Waals surface area contributed by atoms with E-state index in [9.17, 15) is 29.1 Å². The third-order valence-corrected chi connectivity index (χ3v) is 7.67. The number of amides is 5. The molecule has 0 aliphatic carbocycles. The van der Waals surface area contributed by atoms with Crippen molar-refractivity contribution in [3.63, 3.8) is 0 Å². The fourth-order valence-corrected chi connectivity index (χ4v) is 5.14. The zero-order valence-corrected chi connectivity index (χ0v) is 26.0. The third-order valence-electron chi connectivity index (χ3n) is 7.67. The van der Waals surface area contributed by atoms with Crippen molar-refractivity contribution < 1.29 is 29.1 Å². The SMILES string of the molecule is C[C@@H]1NC(=O)[C@H](CCCN=C(N)N)NC(=O)[C@H](Cc2ccc3ccccc3c2)NC(=O)CNC(=O)[C@@H](Cc2ccc(O)cc2)NC1=O. The maximum absolute atomic E-state index is 13.7. The molecule has 0 unspecified atom stereocenters. The largest absolute Gasteiger partial charge is 0.508 e. The molecular formula is C33H40N8O6. The number of benzene rings is 3. The Labute approximate surface area is 271 Å². The molecular weight excluding hydrogens is 604 g/mol. The Kier molecular flexibility index (Phi) is 11.7. The molecule has 1 fully saturated rings. The van der Waals surface area contributed by atoms with Gasteiger partial charge in [0.25, 0.3) is 0 Å². The van der Waals surface area contributed by atoms with Crippen molar-refractivity contribution in [3.05, 3.63) is 77.9 Å². The summed E-state index contributed by atoms with van der Waals surface area (Å²) in [5, 5.41) is 24.8. The summed E-state index contributed by atoms with van der Waals surface area (Å²) >= 11 is 0. The first-order valence-corrected chi connectivity index (χ1v) is 15.3. The summed E-state index contributed by atoms with van der Waals surface area (Å²) in [7, 11) is 0. The molecule has 14 nitrogen and oxygen atoms in total. The molecule has 1 aliphatic rings. The Morgan fingerprint density at radius 3 is 2.09 bits per heavy atom. The van der Waals surface area contributed by atoms with Crippen LogP contribution in [0.15, 0.2) is 71.7 Å². The molecule has 4 rings (SSSR count). The minimum Gasteiger partial charge on any atom is -0.508 e. The summed E-state index contributed by atoms with van der Waals surface area (Å²) in [6.07, 6.45) is 0.589. The number of phenolic OH excluding ortho intramolecular Hbond substituents is 1. The van der Waals surface area contributed by atoms with Gasteiger partial charge in [-0.3, -0.25) is 29.0 Å². The molecule has 14 heteroatoms. The molecule has 1 heterocycles. The highest BCUT2D eigenvalue weighted by Crippen LogP contribution is 2.17. The number of guanidine groups is 1. The van der Waals surface area contributed by atoms with Gasteiger partial charge in [-0.1, -0.05) is 54.6 Å². The molecule has 0 bridgehead atoms. The van der Waals surface area contributed by atoms with Crippen molar-refractivity contribution in [2.24, 2.45) is 16.5 Å². The molecule has 1 aliphatic heterocycles. The highest BCUT2D eigenvalue weighted by atomic mass is 16.3. The Hall–Kier alpha value is -5.66. The molecule has 47 heavy (non-hydrogen) atoms. The Morgan fingerprint density at radius 1 is 0.745 bits per heavy atom. The first-order chi connectivity index (χ1) is 22.5. The lowest BCUT2D eigenvalue weighted by molar-refractivity contribution is -0.133. The second kappa shape index (κ2) is 16.1. The maximum Gasteiger partial charge on any atom is 0.243 e. The number of hydrogen-bond donors (Lipinski definition) is 8. The standard InChI is InChI=1S/C33H40N8O6/c1-19-29(44)41-26(16-20-9-12-24(42)13-10-20)30(45)37-18-28(43)39-27(17-21-8-11-22-5-2-3-6-23(22)15-21)32(47)40-25(31(46)38-19)7-4-14-36-33(34)35/h2-3,5-6,8-13,15,19,25-27,42H,4,7,14,16-18H2,1H3,(H,37,45)(H,38,46)(H,39,43)(H,40,47)(H,41,44)(H4,34,35,36)/t19-,25-,26+,27-/m0/s1. The van der Waals surface area contributed by atoms with E-state index in [0.717, 1.165) is 16.3 Å². The van der Waals surface area contributed by atoms with Crippen LogP contribution in [-0.2, 0) is 36.8 Å². The summed E-state index contributed by atoms with van der Waals surface area (Å²) in [5.74, 6) is -3.31. The van der Waals surface area contributed by atoms with E-state index in [2.05, 4.69) is 31.6 Å². The average molecular weight is 645 g/mol. The number of carbonyl (C=O) groups is 5. The van der Waals surface area contributed by atoms with Crippen molar-refractivity contribution in [1.29, 1.82) is 0 Å². The Morgan fingerprint density at radius 2 is 1.36 bits per heavy atom. The Balaban J connectivity index is 1.61. The van der Waals surface area contributed by atoms with Gasteiger partial charge < -0.3 is 43.2 Å². The Bertz CT molecular complexity index is 1640. The van der Waals surface area contributed by atoms with Gasteiger partial charge in [0.15, 0.2) is 5.96 Å². The number of carbonyl (C=O) groups excluding carboxylic acids is 5. The number of nitrogens with zero attached hydrogens (tertiary/aromatic N) is 1. The predicted molar refractivity (Wildman–Crippen MR) is 176 cm³/mol. The minimum absolute atomic E-state index is 0.0339. The molecule has 0 saturated carbocycles. The number of nitrogens with two attached hydrogens (primary N) is 2. The highest BCUT2D eigenvalue weighted by molar-refractivity contribution is 5.97. The zero-order valence-electron chi connectivity index (χ0n) is 26.0. The first-order valence-electron chi connectivity index (χ1n) is 15.3. The van der Waals surface area contributed by atoms with Gasteiger partial charge in [-0.15, -0.1) is 0 Å². The van der Waals surface area contributed by atoms with Gasteiger partial charge in [0.05, 0.1) is 6.54 Å². The summed E-state index contributed by atoms with van der Waals surface area (Å²) in [5.41, 5.74) is 12.2. The molecule has 4 atom stereocenters. The summed E-state index contributed by atoms with van der Waals surface area (Å²) in [4.78, 5) is 70.6. The van der Waals surface area contributed by atoms with Crippen molar-refractivity contribution in [2.75, 3.05) is 13.1 Å². The van der Waals surface area contributed by atoms with Crippen LogP contribution in [-0.4, -0.2) is 77.9 Å². The molecule has 1 saturated heterocycles. The summed E-state index contributed by atoms with van der Waals surface area (Å²) in [6, 6.07) is 15.1. The molecule has 5 amide bonds. The number of phenols is 1. The van der Waals surface area contributed by atoms with E-state index in [1.165, 1.54) is 19.1 Å². The van der Waals surface area contributed by atoms with Crippen LogP contribution in [0.5, 0.6) is 5.75 Å². The predicted octanol–water partition coefficient (Wildman–Crippen LogP) is -0.527. The topological polar surface area (TPSA) is 230 Å². The van der Waals surface area contributed by atoms with E-state index in [1.54, 1.807) is 12.1 Å². The first kappa shape index (κ1) is 34.2. The van der Waals surface area contributed by atoms with Gasteiger partial charge in [0.2, 0.25) is 29.5 Å². The van der Waals surface area contributed by atoms with E-state index in [-0.39, 0.29) is 37.5 Å². The second-order valence-electron chi connectivity index (χ2n) is 11.4. The van der Waals surface area contributed by atoms with Gasteiger partial charge in [0, 0.05) is 19.4 Å². The smallest absolute Gasteiger partial charge is 0.243 e. The van der Waals surface area contributed by atoms with Gasteiger partial charge in [-0.2, -0.15) is 0 Å². The number of rotatable bonds is 8. The van der Waals surface area contributed by atoms with E-state index in [0.29, 0.717) is 12.0 Å². The molecule has 0 radical (unpaired) electrons. The number of nitrogens with one attached hydrogen (secondary N) is 5. The van der Waals surface area contributed by atoms with Crippen LogP contribution < -0.4 is 38.1 Å². The third kappa shape index (κ3) is 10.2. The van der Waals surface area contributed by atoms with Gasteiger partial charge in [-0.25, -0.2) is 0 Å². The fourth-order valence-electron chi connectivity index (χ4n) is 5.14. The number of hydrogen-bond acceptors (Lipinski definition) is 7. The monoisotopic (exact) mass is 644 g/mol. The molecule has 10 N–H and O–H groups in total. The number of aliphatic imine (C=N–C) groups is 1. The summed E-state index contributed by atoms with van der Waals surface area (Å²) in [6.45, 7) is 1.17. The molecule has 0 aromatic heterocycles. The van der Waals surface area contributed by atoms with E-state index in [4.69, 9.17) is 11.5 Å². The molecule has 248 valence electrons. The van der Waals surface area contributed by atoms with Crippen LogP contribution in [0.4, 0.5) is 0 Å². The molecule has 0 spiro atoms. The van der Waals surface area contributed by atoms with Crippen molar-refractivity contribution in [3.8, 4) is 5.75 Å². The highest BCUT2D eigenvalue weighted by Gasteiger charge is 2.31.